The lowest BCUT2D eigenvalue weighted by Gasteiger charge is -2.09. The molecule has 0 bridgehead atoms. The summed E-state index contributed by atoms with van der Waals surface area (Å²) in [4.78, 5) is 15.8. The molecule has 0 aromatic carbocycles. The fourth-order valence-electron chi connectivity index (χ4n) is 2.14. The first kappa shape index (κ1) is 12.9. The molecule has 1 aromatic heterocycles. The summed E-state index contributed by atoms with van der Waals surface area (Å²) < 4.78 is 4.69. The SMILES string of the molecule is COC(=O)c1ccc(NCC2CC2(C)C)nc1C. The number of methoxy groups -OCH3 is 1. The second-order valence-electron chi connectivity index (χ2n) is 5.59. The molecule has 0 amide bonds. The van der Waals surface area contributed by atoms with Gasteiger partial charge in [0, 0.05) is 6.54 Å². The van der Waals surface area contributed by atoms with Crippen molar-refractivity contribution < 1.29 is 9.53 Å². The van der Waals surface area contributed by atoms with Crippen molar-refractivity contribution in [3.8, 4) is 0 Å². The van der Waals surface area contributed by atoms with Gasteiger partial charge in [-0.25, -0.2) is 9.78 Å². The quantitative estimate of drug-likeness (QED) is 0.832. The largest absolute Gasteiger partial charge is 0.465 e. The third-order valence-corrected chi connectivity index (χ3v) is 3.74. The van der Waals surface area contributed by atoms with Gasteiger partial charge in [0.05, 0.1) is 18.4 Å². The van der Waals surface area contributed by atoms with Crippen LogP contribution in [0.1, 0.15) is 36.3 Å². The maximum absolute atomic E-state index is 11.4. The van der Waals surface area contributed by atoms with E-state index in [4.69, 9.17) is 4.74 Å². The molecule has 1 fully saturated rings. The van der Waals surface area contributed by atoms with Crippen LogP contribution < -0.4 is 5.32 Å². The predicted octanol–water partition coefficient (Wildman–Crippen LogP) is 2.63. The van der Waals surface area contributed by atoms with Crippen LogP contribution in [0.25, 0.3) is 0 Å². The highest BCUT2D eigenvalue weighted by atomic mass is 16.5. The van der Waals surface area contributed by atoms with Crippen molar-refractivity contribution in [1.82, 2.24) is 4.98 Å². The molecule has 0 saturated heterocycles. The fraction of sp³-hybridized carbons (Fsp3) is 0.571. The molecule has 1 aliphatic rings. The highest BCUT2D eigenvalue weighted by Gasteiger charge is 2.44. The van der Waals surface area contributed by atoms with Crippen LogP contribution >= 0.6 is 0 Å². The molecule has 4 heteroatoms. The zero-order valence-corrected chi connectivity index (χ0v) is 11.4. The molecule has 98 valence electrons. The standard InChI is InChI=1S/C14H20N2O2/c1-9-11(13(17)18-4)5-6-12(16-9)15-8-10-7-14(10,2)3/h5-6,10H,7-8H2,1-4H3,(H,15,16). The monoisotopic (exact) mass is 248 g/mol. The van der Waals surface area contributed by atoms with Gasteiger partial charge in [-0.3, -0.25) is 0 Å². The zero-order valence-electron chi connectivity index (χ0n) is 11.4. The van der Waals surface area contributed by atoms with Crippen molar-refractivity contribution in [3.63, 3.8) is 0 Å². The predicted molar refractivity (Wildman–Crippen MR) is 70.7 cm³/mol. The molecule has 0 aliphatic heterocycles. The molecular formula is C14H20N2O2. The normalized spacial score (nSPS) is 20.3. The summed E-state index contributed by atoms with van der Waals surface area (Å²) in [5, 5.41) is 3.32. The Morgan fingerprint density at radius 1 is 1.56 bits per heavy atom. The van der Waals surface area contributed by atoms with Crippen molar-refractivity contribution in [2.75, 3.05) is 19.0 Å². The number of nitrogens with zero attached hydrogens (tertiary/aromatic N) is 1. The van der Waals surface area contributed by atoms with Crippen LogP contribution in [-0.4, -0.2) is 24.6 Å². The average Bonchev–Trinajstić information content (AvgIpc) is 2.94. The highest BCUT2D eigenvalue weighted by Crippen LogP contribution is 2.51. The number of hydrogen-bond acceptors (Lipinski definition) is 4. The van der Waals surface area contributed by atoms with Gasteiger partial charge in [-0.15, -0.1) is 0 Å². The van der Waals surface area contributed by atoms with E-state index in [2.05, 4.69) is 24.1 Å². The van der Waals surface area contributed by atoms with Gasteiger partial charge < -0.3 is 10.1 Å². The Kier molecular flexibility index (Phi) is 3.28. The van der Waals surface area contributed by atoms with Gasteiger partial charge in [0.15, 0.2) is 0 Å². The minimum absolute atomic E-state index is 0.338. The number of carbonyl (C=O) groups excluding carboxylic acids is 1. The van der Waals surface area contributed by atoms with Crippen molar-refractivity contribution in [3.05, 3.63) is 23.4 Å². The van der Waals surface area contributed by atoms with Crippen molar-refractivity contribution in [1.29, 1.82) is 0 Å². The van der Waals surface area contributed by atoms with E-state index in [0.29, 0.717) is 16.7 Å². The molecule has 1 atom stereocenters. The van der Waals surface area contributed by atoms with Gasteiger partial charge >= 0.3 is 5.97 Å². The van der Waals surface area contributed by atoms with Gasteiger partial charge in [0.1, 0.15) is 5.82 Å². The van der Waals surface area contributed by atoms with E-state index in [1.54, 1.807) is 6.07 Å². The lowest BCUT2D eigenvalue weighted by Crippen LogP contribution is -2.11. The lowest BCUT2D eigenvalue weighted by atomic mass is 10.1. The van der Waals surface area contributed by atoms with Crippen LogP contribution in [0.2, 0.25) is 0 Å². The summed E-state index contributed by atoms with van der Waals surface area (Å²) in [7, 11) is 1.38. The van der Waals surface area contributed by atoms with Crippen LogP contribution in [0.5, 0.6) is 0 Å². The third kappa shape index (κ3) is 2.63. The molecule has 2 rings (SSSR count). The van der Waals surface area contributed by atoms with Crippen LogP contribution in [0.3, 0.4) is 0 Å². The Labute approximate surface area is 108 Å². The summed E-state index contributed by atoms with van der Waals surface area (Å²) in [6, 6.07) is 3.59. The van der Waals surface area contributed by atoms with E-state index in [1.807, 2.05) is 13.0 Å². The second-order valence-corrected chi connectivity index (χ2v) is 5.59. The topological polar surface area (TPSA) is 51.2 Å². The fourth-order valence-corrected chi connectivity index (χ4v) is 2.14. The smallest absolute Gasteiger partial charge is 0.339 e. The number of aromatic nitrogens is 1. The number of rotatable bonds is 4. The van der Waals surface area contributed by atoms with E-state index in [0.717, 1.165) is 18.3 Å². The molecule has 18 heavy (non-hydrogen) atoms. The summed E-state index contributed by atoms with van der Waals surface area (Å²) in [6.45, 7) is 7.31. The van der Waals surface area contributed by atoms with E-state index in [9.17, 15) is 4.79 Å². The molecule has 1 unspecified atom stereocenters. The molecule has 0 spiro atoms. The summed E-state index contributed by atoms with van der Waals surface area (Å²) in [5.41, 5.74) is 1.69. The maximum atomic E-state index is 11.4. The number of nitrogens with one attached hydrogen (secondary N) is 1. The van der Waals surface area contributed by atoms with Crippen LogP contribution in [0.4, 0.5) is 5.82 Å². The number of anilines is 1. The molecule has 0 radical (unpaired) electrons. The third-order valence-electron chi connectivity index (χ3n) is 3.74. The van der Waals surface area contributed by atoms with Crippen LogP contribution in [-0.2, 0) is 4.74 Å². The molecule has 4 nitrogen and oxygen atoms in total. The molecule has 1 N–H and O–H groups in total. The average molecular weight is 248 g/mol. The van der Waals surface area contributed by atoms with Crippen molar-refractivity contribution in [2.24, 2.45) is 11.3 Å². The number of carbonyl (C=O) groups is 1. The van der Waals surface area contributed by atoms with Crippen molar-refractivity contribution in [2.45, 2.75) is 27.2 Å². The van der Waals surface area contributed by atoms with Gasteiger partial charge in [-0.1, -0.05) is 13.8 Å². The Morgan fingerprint density at radius 2 is 2.22 bits per heavy atom. The Balaban J connectivity index is 1.99. The van der Waals surface area contributed by atoms with E-state index >= 15 is 0 Å². The summed E-state index contributed by atoms with van der Waals surface area (Å²) in [5.74, 6) is 1.21. The number of hydrogen-bond donors (Lipinski definition) is 1. The minimum Gasteiger partial charge on any atom is -0.465 e. The first-order valence-electron chi connectivity index (χ1n) is 6.24. The number of esters is 1. The number of aryl methyl sites for hydroxylation is 1. The maximum Gasteiger partial charge on any atom is 0.339 e. The lowest BCUT2D eigenvalue weighted by molar-refractivity contribution is 0.0599. The van der Waals surface area contributed by atoms with E-state index < -0.39 is 0 Å². The highest BCUT2D eigenvalue weighted by molar-refractivity contribution is 5.90. The number of ether oxygens (including phenoxy) is 1. The van der Waals surface area contributed by atoms with Gasteiger partial charge in [-0.05, 0) is 36.8 Å². The van der Waals surface area contributed by atoms with Gasteiger partial charge in [0.25, 0.3) is 0 Å². The van der Waals surface area contributed by atoms with Gasteiger partial charge in [-0.2, -0.15) is 0 Å². The minimum atomic E-state index is -0.338. The Bertz CT molecular complexity index is 469. The second kappa shape index (κ2) is 4.59. The summed E-state index contributed by atoms with van der Waals surface area (Å²) in [6.07, 6.45) is 1.26. The molecule has 1 heterocycles. The molecular weight excluding hydrogens is 228 g/mol. The Hall–Kier alpha value is -1.58. The molecule has 1 saturated carbocycles. The molecule has 1 aromatic rings. The van der Waals surface area contributed by atoms with E-state index in [-0.39, 0.29) is 5.97 Å². The van der Waals surface area contributed by atoms with Crippen LogP contribution in [0.15, 0.2) is 12.1 Å². The summed E-state index contributed by atoms with van der Waals surface area (Å²) >= 11 is 0. The zero-order chi connectivity index (χ0) is 13.3. The molecule has 1 aliphatic carbocycles. The van der Waals surface area contributed by atoms with Crippen molar-refractivity contribution >= 4 is 11.8 Å². The van der Waals surface area contributed by atoms with Gasteiger partial charge in [0.2, 0.25) is 0 Å². The Morgan fingerprint density at radius 3 is 2.72 bits per heavy atom. The van der Waals surface area contributed by atoms with Crippen LogP contribution in [0, 0.1) is 18.3 Å². The first-order valence-corrected chi connectivity index (χ1v) is 6.24. The van der Waals surface area contributed by atoms with E-state index in [1.165, 1.54) is 13.5 Å². The number of pyridine rings is 1. The first-order chi connectivity index (χ1) is 8.44.